The van der Waals surface area contributed by atoms with E-state index in [0.717, 1.165) is 62.2 Å². The van der Waals surface area contributed by atoms with E-state index in [1.54, 1.807) is 0 Å². The van der Waals surface area contributed by atoms with Crippen molar-refractivity contribution in [2.24, 2.45) is 5.73 Å². The van der Waals surface area contributed by atoms with E-state index in [2.05, 4.69) is 34.1 Å². The summed E-state index contributed by atoms with van der Waals surface area (Å²) in [5.41, 5.74) is 10.5. The second kappa shape index (κ2) is 9.44. The molecule has 0 fully saturated rings. The normalized spacial score (nSPS) is 16.3. The number of rotatable bonds is 7. The van der Waals surface area contributed by atoms with Gasteiger partial charge in [0, 0.05) is 6.20 Å². The number of imidazole rings is 1. The predicted octanol–water partition coefficient (Wildman–Crippen LogP) is 4.15. The van der Waals surface area contributed by atoms with E-state index < -0.39 is 0 Å². The lowest BCUT2D eigenvalue weighted by atomic mass is 9.90. The molecule has 1 aromatic carbocycles. The zero-order valence-corrected chi connectivity index (χ0v) is 17.3. The van der Waals surface area contributed by atoms with Crippen molar-refractivity contribution in [2.75, 3.05) is 13.1 Å². The minimum Gasteiger partial charge on any atom is -0.341 e. The van der Waals surface area contributed by atoms with E-state index >= 15 is 0 Å². The van der Waals surface area contributed by atoms with E-state index in [-0.39, 0.29) is 17.0 Å². The number of nitrogens with one attached hydrogen (secondary N) is 1. The van der Waals surface area contributed by atoms with Gasteiger partial charge in [0.1, 0.15) is 5.82 Å². The maximum atomic E-state index is 5.72. The Morgan fingerprint density at radius 1 is 1.15 bits per heavy atom. The fraction of sp³-hybridized carbons (Fsp3) is 0.429. The highest BCUT2D eigenvalue weighted by molar-refractivity contribution is 8.93. The van der Waals surface area contributed by atoms with Crippen LogP contribution in [0.4, 0.5) is 0 Å². The summed E-state index contributed by atoms with van der Waals surface area (Å²) in [6, 6.07) is 12.9. The smallest absolute Gasteiger partial charge is 0.121 e. The van der Waals surface area contributed by atoms with Crippen molar-refractivity contribution in [1.82, 2.24) is 19.9 Å². The number of aromatic nitrogens is 3. The summed E-state index contributed by atoms with van der Waals surface area (Å²) >= 11 is 0. The number of nitrogens with zero attached hydrogens (tertiary/aromatic N) is 3. The number of para-hydroxylation sites is 2. The second-order valence-corrected chi connectivity index (χ2v) is 7.12. The fourth-order valence-electron chi connectivity index (χ4n) is 4.02. The monoisotopic (exact) mass is 429 g/mol. The molecule has 1 atom stereocenters. The van der Waals surface area contributed by atoms with E-state index in [1.807, 2.05) is 18.3 Å². The second-order valence-electron chi connectivity index (χ2n) is 7.12. The molecule has 0 amide bonds. The first-order valence-corrected chi connectivity index (χ1v) is 9.66. The lowest BCUT2D eigenvalue weighted by Gasteiger charge is -2.34. The molecule has 2 aromatic heterocycles. The minimum absolute atomic E-state index is 0. The summed E-state index contributed by atoms with van der Waals surface area (Å²) in [5, 5.41) is 0. The average molecular weight is 430 g/mol. The Morgan fingerprint density at radius 2 is 2.04 bits per heavy atom. The molecule has 5 nitrogen and oxygen atoms in total. The average Bonchev–Trinajstić information content (AvgIpc) is 3.09. The SMILES string of the molecule is Br.NCCCCN(Cc1nc2ccccc2[nH]1)C1CCCc2cccnc21. The Bertz CT molecular complexity index is 829. The molecule has 0 radical (unpaired) electrons. The van der Waals surface area contributed by atoms with Gasteiger partial charge >= 0.3 is 0 Å². The molecule has 0 aliphatic heterocycles. The summed E-state index contributed by atoms with van der Waals surface area (Å²) in [7, 11) is 0. The number of H-pyrrole nitrogens is 1. The molecule has 1 aliphatic carbocycles. The minimum atomic E-state index is 0. The summed E-state index contributed by atoms with van der Waals surface area (Å²) in [6.07, 6.45) is 7.61. The Hall–Kier alpha value is -1.76. The molecule has 3 aromatic rings. The van der Waals surface area contributed by atoms with Crippen molar-refractivity contribution in [3.63, 3.8) is 0 Å². The highest BCUT2D eigenvalue weighted by atomic mass is 79.9. The Labute approximate surface area is 171 Å². The number of aromatic amines is 1. The molecule has 4 rings (SSSR count). The van der Waals surface area contributed by atoms with Crippen molar-refractivity contribution in [1.29, 1.82) is 0 Å². The molecule has 0 spiro atoms. The van der Waals surface area contributed by atoms with E-state index in [4.69, 9.17) is 15.7 Å². The van der Waals surface area contributed by atoms with Gasteiger partial charge in [-0.3, -0.25) is 9.88 Å². The number of halogens is 1. The van der Waals surface area contributed by atoms with Gasteiger partial charge in [-0.2, -0.15) is 0 Å². The summed E-state index contributed by atoms with van der Waals surface area (Å²) in [5.74, 6) is 1.03. The van der Waals surface area contributed by atoms with Gasteiger partial charge < -0.3 is 10.7 Å². The van der Waals surface area contributed by atoms with Gasteiger partial charge in [-0.15, -0.1) is 17.0 Å². The molecule has 0 saturated heterocycles. The van der Waals surface area contributed by atoms with Gasteiger partial charge in [-0.05, 0) is 69.0 Å². The number of hydrogen-bond acceptors (Lipinski definition) is 4. The quantitative estimate of drug-likeness (QED) is 0.553. The first-order chi connectivity index (χ1) is 12.8. The summed E-state index contributed by atoms with van der Waals surface area (Å²) in [4.78, 5) is 15.5. The summed E-state index contributed by atoms with van der Waals surface area (Å²) < 4.78 is 0. The lowest BCUT2D eigenvalue weighted by Crippen LogP contribution is -2.33. The number of nitrogens with two attached hydrogens (primary N) is 1. The lowest BCUT2D eigenvalue weighted by molar-refractivity contribution is 0.159. The molecule has 3 N–H and O–H groups in total. The van der Waals surface area contributed by atoms with Crippen molar-refractivity contribution in [3.8, 4) is 0 Å². The van der Waals surface area contributed by atoms with Gasteiger partial charge in [0.25, 0.3) is 0 Å². The Kier molecular flexibility index (Phi) is 6.99. The van der Waals surface area contributed by atoms with Crippen LogP contribution in [0.15, 0.2) is 42.6 Å². The molecular weight excluding hydrogens is 402 g/mol. The highest BCUT2D eigenvalue weighted by Gasteiger charge is 2.27. The third-order valence-corrected chi connectivity index (χ3v) is 5.30. The maximum Gasteiger partial charge on any atom is 0.121 e. The molecule has 144 valence electrons. The summed E-state index contributed by atoms with van der Waals surface area (Å²) in [6.45, 7) is 2.59. The Morgan fingerprint density at radius 3 is 2.89 bits per heavy atom. The standard InChI is InChI=1S/C21H27N5.BrH/c22-12-3-4-14-26(15-20-24-17-9-1-2-10-18(17)25-20)19-11-5-7-16-8-6-13-23-21(16)19;/h1-2,6,8-10,13,19H,3-5,7,11-12,14-15,22H2,(H,24,25);1H. The Balaban J connectivity index is 0.00000210. The van der Waals surface area contributed by atoms with Crippen LogP contribution in [-0.2, 0) is 13.0 Å². The van der Waals surface area contributed by atoms with Crippen molar-refractivity contribution >= 4 is 28.0 Å². The molecule has 0 saturated carbocycles. The van der Waals surface area contributed by atoms with Crippen molar-refractivity contribution in [3.05, 3.63) is 59.7 Å². The van der Waals surface area contributed by atoms with Crippen LogP contribution in [0.2, 0.25) is 0 Å². The number of hydrogen-bond donors (Lipinski definition) is 2. The number of unbranched alkanes of at least 4 members (excludes halogenated alkanes) is 1. The van der Waals surface area contributed by atoms with Crippen LogP contribution in [0.1, 0.15) is 48.8 Å². The third-order valence-electron chi connectivity index (χ3n) is 5.30. The molecule has 0 bridgehead atoms. The fourth-order valence-corrected chi connectivity index (χ4v) is 4.02. The van der Waals surface area contributed by atoms with Gasteiger partial charge in [0.05, 0.1) is 29.3 Å². The molecule has 2 heterocycles. The van der Waals surface area contributed by atoms with Crippen LogP contribution in [0, 0.1) is 0 Å². The van der Waals surface area contributed by atoms with Crippen LogP contribution >= 0.6 is 17.0 Å². The predicted molar refractivity (Wildman–Crippen MR) is 115 cm³/mol. The maximum absolute atomic E-state index is 5.72. The van der Waals surface area contributed by atoms with Gasteiger partial charge in [-0.1, -0.05) is 18.2 Å². The number of aryl methyl sites for hydroxylation is 1. The molecule has 1 unspecified atom stereocenters. The van der Waals surface area contributed by atoms with Crippen LogP contribution in [-0.4, -0.2) is 32.9 Å². The van der Waals surface area contributed by atoms with Gasteiger partial charge in [0.15, 0.2) is 0 Å². The van der Waals surface area contributed by atoms with Gasteiger partial charge in [0.2, 0.25) is 0 Å². The van der Waals surface area contributed by atoms with Crippen LogP contribution < -0.4 is 5.73 Å². The first-order valence-electron chi connectivity index (χ1n) is 9.66. The van der Waals surface area contributed by atoms with E-state index in [0.29, 0.717) is 6.04 Å². The molecule has 27 heavy (non-hydrogen) atoms. The molecule has 1 aliphatic rings. The third kappa shape index (κ3) is 4.57. The number of benzene rings is 1. The van der Waals surface area contributed by atoms with E-state index in [9.17, 15) is 0 Å². The van der Waals surface area contributed by atoms with E-state index in [1.165, 1.54) is 17.7 Å². The number of fused-ring (bicyclic) bond motifs is 2. The first kappa shape index (κ1) is 20.0. The molecule has 6 heteroatoms. The van der Waals surface area contributed by atoms with Crippen LogP contribution in [0.25, 0.3) is 11.0 Å². The zero-order valence-electron chi connectivity index (χ0n) is 15.6. The highest BCUT2D eigenvalue weighted by Crippen LogP contribution is 2.33. The molecular formula is C21H28BrN5. The van der Waals surface area contributed by atoms with Crippen LogP contribution in [0.5, 0.6) is 0 Å². The van der Waals surface area contributed by atoms with Crippen molar-refractivity contribution < 1.29 is 0 Å². The topological polar surface area (TPSA) is 70.8 Å². The number of pyridine rings is 1. The van der Waals surface area contributed by atoms with Crippen molar-refractivity contribution in [2.45, 2.75) is 44.7 Å². The zero-order chi connectivity index (χ0) is 17.8. The van der Waals surface area contributed by atoms with Crippen LogP contribution in [0.3, 0.4) is 0 Å². The largest absolute Gasteiger partial charge is 0.341 e. The van der Waals surface area contributed by atoms with Gasteiger partial charge in [-0.25, -0.2) is 4.98 Å².